The van der Waals surface area contributed by atoms with Crippen LogP contribution in [0.1, 0.15) is 15.2 Å². The summed E-state index contributed by atoms with van der Waals surface area (Å²) in [6.45, 7) is 0.386. The van der Waals surface area contributed by atoms with E-state index < -0.39 is 5.97 Å². The zero-order chi connectivity index (χ0) is 13.8. The fraction of sp³-hybridized carbons (Fsp3) is 0.167. The molecule has 0 unspecified atom stereocenters. The van der Waals surface area contributed by atoms with Gasteiger partial charge in [-0.15, -0.1) is 0 Å². The van der Waals surface area contributed by atoms with E-state index in [0.29, 0.717) is 11.7 Å². The van der Waals surface area contributed by atoms with Crippen LogP contribution in [0.25, 0.3) is 0 Å². The number of hydrogen-bond acceptors (Lipinski definition) is 6. The van der Waals surface area contributed by atoms with Crippen molar-refractivity contribution >= 4 is 34.0 Å². The molecule has 19 heavy (non-hydrogen) atoms. The van der Waals surface area contributed by atoms with Gasteiger partial charge in [0.1, 0.15) is 5.75 Å². The molecule has 1 heterocycles. The molecule has 0 amide bonds. The Morgan fingerprint density at radius 3 is 2.95 bits per heavy atom. The molecular weight excluding hydrogens is 288 g/mol. The maximum atomic E-state index is 11.4. The molecule has 5 nitrogen and oxygen atoms in total. The van der Waals surface area contributed by atoms with Crippen LogP contribution in [0, 0.1) is 0 Å². The summed E-state index contributed by atoms with van der Waals surface area (Å²) in [7, 11) is 1.29. The minimum absolute atomic E-state index is 0.108. The summed E-state index contributed by atoms with van der Waals surface area (Å²) >= 11 is 6.95. The smallest absolute Gasteiger partial charge is 0.351 e. The van der Waals surface area contributed by atoms with Gasteiger partial charge in [0.25, 0.3) is 0 Å². The number of carbonyl (C=O) groups excluding carboxylic acids is 1. The number of rotatable bonds is 4. The summed E-state index contributed by atoms with van der Waals surface area (Å²) in [6, 6.07) is 6.96. The molecule has 0 spiro atoms. The van der Waals surface area contributed by atoms with Crippen LogP contribution in [0.3, 0.4) is 0 Å². The van der Waals surface area contributed by atoms with Crippen molar-refractivity contribution in [3.05, 3.63) is 39.9 Å². The molecular formula is C12H11ClN2O3S. The molecule has 0 saturated heterocycles. The number of phenols is 1. The molecule has 0 aliphatic rings. The highest BCUT2D eigenvalue weighted by Crippen LogP contribution is 2.28. The average Bonchev–Trinajstić information content (AvgIpc) is 2.78. The zero-order valence-corrected chi connectivity index (χ0v) is 11.6. The number of para-hydroxylation sites is 1. The molecule has 0 bridgehead atoms. The monoisotopic (exact) mass is 298 g/mol. The predicted octanol–water partition coefficient (Wildman–Crippen LogP) is 2.90. The van der Waals surface area contributed by atoms with Crippen LogP contribution < -0.4 is 5.32 Å². The third kappa shape index (κ3) is 3.15. The number of nitrogens with one attached hydrogen (secondary N) is 1. The quantitative estimate of drug-likeness (QED) is 0.849. The number of phenolic OH excluding ortho intramolecular Hbond substituents is 1. The van der Waals surface area contributed by atoms with Gasteiger partial charge >= 0.3 is 5.97 Å². The molecule has 0 fully saturated rings. The van der Waals surface area contributed by atoms with Crippen LogP contribution in [0.5, 0.6) is 5.75 Å². The van der Waals surface area contributed by atoms with Crippen molar-refractivity contribution in [3.8, 4) is 5.75 Å². The third-order valence-corrected chi connectivity index (χ3v) is 3.76. The highest BCUT2D eigenvalue weighted by molar-refractivity contribution is 7.18. The molecule has 1 aromatic carbocycles. The average molecular weight is 299 g/mol. The topological polar surface area (TPSA) is 71.5 Å². The Balaban J connectivity index is 2.09. The van der Waals surface area contributed by atoms with Gasteiger partial charge in [-0.3, -0.25) is 0 Å². The van der Waals surface area contributed by atoms with E-state index in [-0.39, 0.29) is 15.8 Å². The van der Waals surface area contributed by atoms with Gasteiger partial charge in [0.15, 0.2) is 15.2 Å². The number of aromatic nitrogens is 1. The molecule has 100 valence electrons. The fourth-order valence-corrected chi connectivity index (χ4v) is 2.53. The van der Waals surface area contributed by atoms with E-state index in [4.69, 9.17) is 11.6 Å². The first-order valence-corrected chi connectivity index (χ1v) is 6.56. The number of ether oxygens (including phenoxy) is 1. The van der Waals surface area contributed by atoms with Crippen LogP contribution in [0.2, 0.25) is 5.15 Å². The molecule has 0 aliphatic carbocycles. The Kier molecular flexibility index (Phi) is 4.24. The Labute approximate surface area is 118 Å². The predicted molar refractivity (Wildman–Crippen MR) is 73.9 cm³/mol. The number of nitrogens with zero attached hydrogens (tertiary/aromatic N) is 1. The summed E-state index contributed by atoms with van der Waals surface area (Å²) in [5, 5.41) is 13.2. The SMILES string of the molecule is COC(=O)c1sc(NCc2ccccc2O)nc1Cl. The molecule has 0 saturated carbocycles. The van der Waals surface area contributed by atoms with Crippen LogP contribution >= 0.6 is 22.9 Å². The third-order valence-electron chi connectivity index (χ3n) is 2.38. The van der Waals surface area contributed by atoms with Gasteiger partial charge in [0, 0.05) is 12.1 Å². The maximum absolute atomic E-state index is 11.4. The molecule has 7 heteroatoms. The fourth-order valence-electron chi connectivity index (χ4n) is 1.43. The second-order valence-corrected chi connectivity index (χ2v) is 4.97. The molecule has 2 rings (SSSR count). The van der Waals surface area contributed by atoms with E-state index in [0.717, 1.165) is 16.9 Å². The lowest BCUT2D eigenvalue weighted by Gasteiger charge is -2.04. The first-order chi connectivity index (χ1) is 9.11. The second-order valence-electron chi connectivity index (χ2n) is 3.61. The van der Waals surface area contributed by atoms with Crippen molar-refractivity contribution in [1.82, 2.24) is 4.98 Å². The number of anilines is 1. The zero-order valence-electron chi connectivity index (χ0n) is 10.0. The molecule has 1 aromatic heterocycles. The summed E-state index contributed by atoms with van der Waals surface area (Å²) < 4.78 is 4.59. The van der Waals surface area contributed by atoms with Crippen molar-refractivity contribution in [2.45, 2.75) is 6.54 Å². The Bertz CT molecular complexity index is 600. The van der Waals surface area contributed by atoms with Crippen molar-refractivity contribution in [3.63, 3.8) is 0 Å². The Morgan fingerprint density at radius 1 is 1.53 bits per heavy atom. The maximum Gasteiger partial charge on any atom is 0.351 e. The van der Waals surface area contributed by atoms with Crippen molar-refractivity contribution < 1.29 is 14.6 Å². The lowest BCUT2D eigenvalue weighted by molar-refractivity contribution is 0.0606. The lowest BCUT2D eigenvalue weighted by atomic mass is 10.2. The minimum Gasteiger partial charge on any atom is -0.508 e. The molecule has 0 radical (unpaired) electrons. The van der Waals surface area contributed by atoms with Crippen molar-refractivity contribution in [2.75, 3.05) is 12.4 Å². The molecule has 2 aromatic rings. The van der Waals surface area contributed by atoms with Gasteiger partial charge in [-0.1, -0.05) is 41.1 Å². The van der Waals surface area contributed by atoms with E-state index in [1.54, 1.807) is 18.2 Å². The van der Waals surface area contributed by atoms with Crippen LogP contribution in [-0.4, -0.2) is 23.2 Å². The van der Waals surface area contributed by atoms with Gasteiger partial charge in [-0.2, -0.15) is 0 Å². The van der Waals surface area contributed by atoms with Gasteiger partial charge in [0.05, 0.1) is 7.11 Å². The number of halogens is 1. The number of methoxy groups -OCH3 is 1. The highest BCUT2D eigenvalue weighted by Gasteiger charge is 2.17. The normalized spacial score (nSPS) is 10.2. The van der Waals surface area contributed by atoms with E-state index in [9.17, 15) is 9.90 Å². The molecule has 2 N–H and O–H groups in total. The largest absolute Gasteiger partial charge is 0.508 e. The van der Waals surface area contributed by atoms with Gasteiger partial charge in [-0.05, 0) is 6.07 Å². The lowest BCUT2D eigenvalue weighted by Crippen LogP contribution is -1.98. The summed E-state index contributed by atoms with van der Waals surface area (Å²) in [5.74, 6) is -0.316. The number of aromatic hydroxyl groups is 1. The highest BCUT2D eigenvalue weighted by atomic mass is 35.5. The number of benzene rings is 1. The first kappa shape index (κ1) is 13.6. The van der Waals surface area contributed by atoms with Gasteiger partial charge in [0.2, 0.25) is 0 Å². The van der Waals surface area contributed by atoms with Crippen molar-refractivity contribution in [2.24, 2.45) is 0 Å². The van der Waals surface area contributed by atoms with Crippen LogP contribution in [-0.2, 0) is 11.3 Å². The Morgan fingerprint density at radius 2 is 2.26 bits per heavy atom. The Hall–Kier alpha value is -1.79. The van der Waals surface area contributed by atoms with E-state index in [1.807, 2.05) is 6.07 Å². The number of esters is 1. The van der Waals surface area contributed by atoms with E-state index >= 15 is 0 Å². The summed E-state index contributed by atoms with van der Waals surface area (Å²) in [5.41, 5.74) is 0.730. The second kappa shape index (κ2) is 5.90. The number of thiazole rings is 1. The van der Waals surface area contributed by atoms with Gasteiger partial charge < -0.3 is 15.2 Å². The van der Waals surface area contributed by atoms with E-state index in [1.165, 1.54) is 7.11 Å². The van der Waals surface area contributed by atoms with Gasteiger partial charge in [-0.25, -0.2) is 9.78 Å². The first-order valence-electron chi connectivity index (χ1n) is 5.37. The van der Waals surface area contributed by atoms with Crippen LogP contribution in [0.4, 0.5) is 5.13 Å². The minimum atomic E-state index is -0.516. The van der Waals surface area contributed by atoms with E-state index in [2.05, 4.69) is 15.0 Å². The van der Waals surface area contributed by atoms with Crippen molar-refractivity contribution in [1.29, 1.82) is 0 Å². The standard InChI is InChI=1S/C12H11ClN2O3S/c1-18-11(17)9-10(13)15-12(19-9)14-6-7-4-2-3-5-8(7)16/h2-5,16H,6H2,1H3,(H,14,15). The van der Waals surface area contributed by atoms with Crippen LogP contribution in [0.15, 0.2) is 24.3 Å². The molecule has 0 aliphatic heterocycles. The summed E-state index contributed by atoms with van der Waals surface area (Å²) in [6.07, 6.45) is 0. The molecule has 0 atom stereocenters. The number of hydrogen-bond donors (Lipinski definition) is 2. The summed E-state index contributed by atoms with van der Waals surface area (Å²) in [4.78, 5) is 15.6. The number of carbonyl (C=O) groups is 1.